The Balaban J connectivity index is 2.51. The van der Waals surface area contributed by atoms with E-state index >= 15 is 0 Å². The van der Waals surface area contributed by atoms with Crippen molar-refractivity contribution in [2.45, 2.75) is 19.1 Å². The molecule has 1 fully saturated rings. The van der Waals surface area contributed by atoms with Crippen LogP contribution in [0.1, 0.15) is 6.92 Å². The zero-order chi connectivity index (χ0) is 10.6. The third kappa shape index (κ3) is 2.43. The lowest BCUT2D eigenvalue weighted by Crippen LogP contribution is -2.35. The monoisotopic (exact) mass is 202 g/mol. The van der Waals surface area contributed by atoms with Gasteiger partial charge in [-0.1, -0.05) is 0 Å². The van der Waals surface area contributed by atoms with Crippen molar-refractivity contribution >= 4 is 5.91 Å². The van der Waals surface area contributed by atoms with Gasteiger partial charge in [0.25, 0.3) is 0 Å². The summed E-state index contributed by atoms with van der Waals surface area (Å²) in [5.41, 5.74) is 5.29. The molecule has 0 bridgehead atoms. The lowest BCUT2D eigenvalue weighted by molar-refractivity contribution is -0.129. The maximum Gasteiger partial charge on any atom is 0.236 e. The number of nitrogens with two attached hydrogens (primary N) is 1. The molecule has 0 aliphatic carbocycles. The van der Waals surface area contributed by atoms with E-state index in [0.29, 0.717) is 19.7 Å². The molecule has 0 aromatic rings. The van der Waals surface area contributed by atoms with Crippen LogP contribution in [0.5, 0.6) is 0 Å². The maximum absolute atomic E-state index is 11.3. The van der Waals surface area contributed by atoms with E-state index < -0.39 is 0 Å². The summed E-state index contributed by atoms with van der Waals surface area (Å²) < 4.78 is 10.7. The maximum atomic E-state index is 11.3. The molecule has 82 valence electrons. The number of carbonyl (C=O) groups is 1. The summed E-state index contributed by atoms with van der Waals surface area (Å²) in [6.45, 7) is 3.78. The predicted octanol–water partition coefficient (Wildman–Crippen LogP) is -0.793. The van der Waals surface area contributed by atoms with Gasteiger partial charge in [-0.05, 0) is 6.92 Å². The van der Waals surface area contributed by atoms with Crippen LogP contribution in [-0.2, 0) is 14.3 Å². The van der Waals surface area contributed by atoms with Gasteiger partial charge in [0.2, 0.25) is 5.91 Å². The van der Waals surface area contributed by atoms with Crippen molar-refractivity contribution in [3.05, 3.63) is 0 Å². The molecule has 1 aliphatic heterocycles. The second-order valence-corrected chi connectivity index (χ2v) is 3.27. The van der Waals surface area contributed by atoms with E-state index in [-0.39, 0.29) is 24.7 Å². The number of rotatable bonds is 4. The highest BCUT2D eigenvalue weighted by Gasteiger charge is 2.35. The number of nitrogens with zero attached hydrogens (tertiary/aromatic N) is 1. The lowest BCUT2D eigenvalue weighted by atomic mass is 10.2. The third-order valence-corrected chi connectivity index (χ3v) is 2.43. The van der Waals surface area contributed by atoms with Gasteiger partial charge >= 0.3 is 0 Å². The Labute approximate surface area is 84.1 Å². The molecule has 1 amide bonds. The Morgan fingerprint density at radius 2 is 2.14 bits per heavy atom. The molecule has 5 nitrogen and oxygen atoms in total. The first kappa shape index (κ1) is 11.4. The van der Waals surface area contributed by atoms with E-state index in [1.165, 1.54) is 0 Å². The molecule has 0 aromatic carbocycles. The Morgan fingerprint density at radius 1 is 1.50 bits per heavy atom. The van der Waals surface area contributed by atoms with Crippen molar-refractivity contribution in [1.29, 1.82) is 0 Å². The van der Waals surface area contributed by atoms with E-state index in [9.17, 15) is 4.79 Å². The number of ether oxygens (including phenoxy) is 2. The fourth-order valence-electron chi connectivity index (χ4n) is 1.68. The fourth-order valence-corrected chi connectivity index (χ4v) is 1.68. The Bertz CT molecular complexity index is 198. The van der Waals surface area contributed by atoms with Crippen LogP contribution in [0.3, 0.4) is 0 Å². The number of carbonyl (C=O) groups excluding carboxylic acids is 1. The summed E-state index contributed by atoms with van der Waals surface area (Å²) in [6.07, 6.45) is -0.0362. The average molecular weight is 202 g/mol. The minimum atomic E-state index is -0.0470. The average Bonchev–Trinajstić information content (AvgIpc) is 2.60. The molecule has 0 aromatic heterocycles. The molecule has 1 heterocycles. The molecule has 2 unspecified atom stereocenters. The van der Waals surface area contributed by atoms with Crippen molar-refractivity contribution in [1.82, 2.24) is 4.90 Å². The van der Waals surface area contributed by atoms with E-state index in [4.69, 9.17) is 15.2 Å². The SMILES string of the molecule is CCOC1CN(C(=O)CN)CC1OC. The van der Waals surface area contributed by atoms with Crippen molar-refractivity contribution in [2.24, 2.45) is 5.73 Å². The first-order valence-corrected chi connectivity index (χ1v) is 4.85. The van der Waals surface area contributed by atoms with Crippen LogP contribution in [0.15, 0.2) is 0 Å². The molecule has 0 radical (unpaired) electrons. The largest absolute Gasteiger partial charge is 0.377 e. The second kappa shape index (κ2) is 5.29. The van der Waals surface area contributed by atoms with Gasteiger partial charge < -0.3 is 20.1 Å². The van der Waals surface area contributed by atoms with Crippen LogP contribution in [0.2, 0.25) is 0 Å². The summed E-state index contributed by atoms with van der Waals surface area (Å²) in [6, 6.07) is 0. The molecule has 14 heavy (non-hydrogen) atoms. The number of methoxy groups -OCH3 is 1. The van der Waals surface area contributed by atoms with E-state index in [0.717, 1.165) is 0 Å². The highest BCUT2D eigenvalue weighted by Crippen LogP contribution is 2.15. The standard InChI is InChI=1S/C9H18N2O3/c1-3-14-8-6-11(9(12)4-10)5-7(8)13-2/h7-8H,3-6,10H2,1-2H3. The van der Waals surface area contributed by atoms with Gasteiger partial charge in [0.15, 0.2) is 0 Å². The summed E-state index contributed by atoms with van der Waals surface area (Å²) in [4.78, 5) is 13.0. The first-order chi connectivity index (χ1) is 6.72. The van der Waals surface area contributed by atoms with Crippen LogP contribution < -0.4 is 5.73 Å². The van der Waals surface area contributed by atoms with E-state index in [1.54, 1.807) is 12.0 Å². The predicted molar refractivity (Wildman–Crippen MR) is 51.8 cm³/mol. The smallest absolute Gasteiger partial charge is 0.236 e. The molecule has 2 N–H and O–H groups in total. The second-order valence-electron chi connectivity index (χ2n) is 3.27. The Hall–Kier alpha value is -0.650. The van der Waals surface area contributed by atoms with Crippen molar-refractivity contribution in [2.75, 3.05) is 33.4 Å². The van der Waals surface area contributed by atoms with Gasteiger partial charge in [-0.15, -0.1) is 0 Å². The molecular weight excluding hydrogens is 184 g/mol. The molecule has 0 spiro atoms. The highest BCUT2D eigenvalue weighted by molar-refractivity contribution is 5.78. The summed E-state index contributed by atoms with van der Waals surface area (Å²) in [5.74, 6) is -0.0470. The minimum Gasteiger partial charge on any atom is -0.377 e. The number of hydrogen-bond donors (Lipinski definition) is 1. The van der Waals surface area contributed by atoms with Crippen LogP contribution in [-0.4, -0.2) is 56.4 Å². The Kier molecular flexibility index (Phi) is 4.31. The van der Waals surface area contributed by atoms with Crippen molar-refractivity contribution in [3.63, 3.8) is 0 Å². The molecule has 1 rings (SSSR count). The van der Waals surface area contributed by atoms with Gasteiger partial charge in [-0.2, -0.15) is 0 Å². The van der Waals surface area contributed by atoms with Gasteiger partial charge in [0, 0.05) is 26.8 Å². The molecule has 1 aliphatic rings. The number of likely N-dealkylation sites (tertiary alicyclic amines) is 1. The minimum absolute atomic E-state index is 0.0134. The number of amides is 1. The van der Waals surface area contributed by atoms with E-state index in [2.05, 4.69) is 0 Å². The fraction of sp³-hybridized carbons (Fsp3) is 0.889. The quantitative estimate of drug-likeness (QED) is 0.648. The Morgan fingerprint density at radius 3 is 2.64 bits per heavy atom. The van der Waals surface area contributed by atoms with E-state index in [1.807, 2.05) is 6.92 Å². The lowest BCUT2D eigenvalue weighted by Gasteiger charge is -2.15. The molecule has 0 saturated carbocycles. The molecule has 2 atom stereocenters. The first-order valence-electron chi connectivity index (χ1n) is 4.85. The number of hydrogen-bond acceptors (Lipinski definition) is 4. The zero-order valence-corrected chi connectivity index (χ0v) is 8.73. The topological polar surface area (TPSA) is 64.8 Å². The van der Waals surface area contributed by atoms with Gasteiger partial charge in [-0.25, -0.2) is 0 Å². The summed E-state index contributed by atoms with van der Waals surface area (Å²) in [7, 11) is 1.63. The summed E-state index contributed by atoms with van der Waals surface area (Å²) in [5, 5.41) is 0. The van der Waals surface area contributed by atoms with Crippen LogP contribution in [0.25, 0.3) is 0 Å². The van der Waals surface area contributed by atoms with Crippen LogP contribution >= 0.6 is 0 Å². The van der Waals surface area contributed by atoms with Gasteiger partial charge in [-0.3, -0.25) is 4.79 Å². The van der Waals surface area contributed by atoms with Crippen LogP contribution in [0, 0.1) is 0 Å². The van der Waals surface area contributed by atoms with Crippen molar-refractivity contribution in [3.8, 4) is 0 Å². The highest BCUT2D eigenvalue weighted by atomic mass is 16.5. The van der Waals surface area contributed by atoms with Crippen molar-refractivity contribution < 1.29 is 14.3 Å². The summed E-state index contributed by atoms with van der Waals surface area (Å²) >= 11 is 0. The van der Waals surface area contributed by atoms with Gasteiger partial charge in [0.05, 0.1) is 6.54 Å². The molecular formula is C9H18N2O3. The zero-order valence-electron chi connectivity index (χ0n) is 8.73. The normalized spacial score (nSPS) is 26.9. The van der Waals surface area contributed by atoms with Gasteiger partial charge in [0.1, 0.15) is 12.2 Å². The third-order valence-electron chi connectivity index (χ3n) is 2.43. The molecule has 5 heteroatoms. The molecule has 1 saturated heterocycles. The van der Waals surface area contributed by atoms with Crippen LogP contribution in [0.4, 0.5) is 0 Å².